The number of alkyl halides is 3. The third-order valence-corrected chi connectivity index (χ3v) is 2.77. The van der Waals surface area contributed by atoms with E-state index in [1.165, 1.54) is 13.2 Å². The van der Waals surface area contributed by atoms with Gasteiger partial charge in [-0.3, -0.25) is 0 Å². The molecule has 1 aromatic rings. The van der Waals surface area contributed by atoms with Gasteiger partial charge in [0.15, 0.2) is 0 Å². The van der Waals surface area contributed by atoms with E-state index in [1.807, 2.05) is 0 Å². The quantitative estimate of drug-likeness (QED) is 0.891. The fourth-order valence-electron chi connectivity index (χ4n) is 1.52. The molecule has 1 rings (SSSR count). The van der Waals surface area contributed by atoms with Crippen molar-refractivity contribution in [1.29, 1.82) is 0 Å². The van der Waals surface area contributed by atoms with Crippen molar-refractivity contribution in [1.82, 2.24) is 0 Å². The van der Waals surface area contributed by atoms with E-state index in [9.17, 15) is 13.2 Å². The van der Waals surface area contributed by atoms with Gasteiger partial charge in [-0.25, -0.2) is 0 Å². The molecule has 0 saturated heterocycles. The van der Waals surface area contributed by atoms with Crippen LogP contribution in [-0.4, -0.2) is 13.7 Å². The molecule has 0 aromatic heterocycles. The van der Waals surface area contributed by atoms with Gasteiger partial charge in [0.25, 0.3) is 0 Å². The third kappa shape index (κ3) is 2.91. The summed E-state index contributed by atoms with van der Waals surface area (Å²) in [5, 5.41) is 0. The molecule has 96 valence electrons. The summed E-state index contributed by atoms with van der Waals surface area (Å²) in [5.74, 6) is 0.424. The first kappa shape index (κ1) is 13.8. The van der Waals surface area contributed by atoms with E-state index in [2.05, 4.69) is 0 Å². The molecule has 2 N–H and O–H groups in total. The molecule has 1 aromatic carbocycles. The summed E-state index contributed by atoms with van der Waals surface area (Å²) in [4.78, 5) is 0. The molecule has 0 radical (unpaired) electrons. The lowest BCUT2D eigenvalue weighted by Crippen LogP contribution is -2.29. The van der Waals surface area contributed by atoms with Crippen molar-refractivity contribution >= 4 is 0 Å². The summed E-state index contributed by atoms with van der Waals surface area (Å²) in [7, 11) is 1.43. The smallest absolute Gasteiger partial charge is 0.416 e. The Bertz CT molecular complexity index is 399. The van der Waals surface area contributed by atoms with Crippen molar-refractivity contribution in [3.63, 3.8) is 0 Å². The molecular formula is C12H16F3NO. The van der Waals surface area contributed by atoms with E-state index in [4.69, 9.17) is 10.5 Å². The summed E-state index contributed by atoms with van der Waals surface area (Å²) < 4.78 is 42.9. The molecule has 2 nitrogen and oxygen atoms in total. The fourth-order valence-corrected chi connectivity index (χ4v) is 1.52. The van der Waals surface area contributed by atoms with Gasteiger partial charge in [0, 0.05) is 17.5 Å². The van der Waals surface area contributed by atoms with Gasteiger partial charge in [-0.1, -0.05) is 13.8 Å². The van der Waals surface area contributed by atoms with Crippen LogP contribution in [0.25, 0.3) is 0 Å². The molecule has 0 aliphatic heterocycles. The molecule has 0 heterocycles. The monoisotopic (exact) mass is 247 g/mol. The van der Waals surface area contributed by atoms with Crippen molar-refractivity contribution < 1.29 is 17.9 Å². The number of rotatable bonds is 3. The molecule has 5 heteroatoms. The predicted octanol–water partition coefficient (Wildman–Crippen LogP) is 2.95. The van der Waals surface area contributed by atoms with Crippen LogP contribution in [0, 0.1) is 0 Å². The van der Waals surface area contributed by atoms with Gasteiger partial charge >= 0.3 is 6.18 Å². The molecule has 0 saturated carbocycles. The van der Waals surface area contributed by atoms with Crippen molar-refractivity contribution in [3.8, 4) is 5.75 Å². The Balaban J connectivity index is 3.35. The summed E-state index contributed by atoms with van der Waals surface area (Å²) in [6.45, 7) is 3.81. The lowest BCUT2D eigenvalue weighted by atomic mass is 9.83. The molecule has 0 spiro atoms. The highest BCUT2D eigenvalue weighted by atomic mass is 19.4. The van der Waals surface area contributed by atoms with Gasteiger partial charge in [0.2, 0.25) is 0 Å². The van der Waals surface area contributed by atoms with E-state index < -0.39 is 17.2 Å². The zero-order valence-corrected chi connectivity index (χ0v) is 10.1. The minimum absolute atomic E-state index is 0.241. The Morgan fingerprint density at radius 2 is 1.82 bits per heavy atom. The average molecular weight is 247 g/mol. The van der Waals surface area contributed by atoms with Crippen LogP contribution in [0.3, 0.4) is 0 Å². The normalized spacial score (nSPS) is 12.6. The van der Waals surface area contributed by atoms with Gasteiger partial charge in [-0.2, -0.15) is 13.2 Å². The van der Waals surface area contributed by atoms with Crippen molar-refractivity contribution in [2.75, 3.05) is 13.7 Å². The molecule has 0 bridgehead atoms. The molecule has 0 unspecified atom stereocenters. The number of hydrogen-bond acceptors (Lipinski definition) is 2. The van der Waals surface area contributed by atoms with Crippen LogP contribution in [0.5, 0.6) is 5.75 Å². The zero-order chi connectivity index (χ0) is 13.3. The number of hydrogen-bond donors (Lipinski definition) is 1. The predicted molar refractivity (Wildman–Crippen MR) is 60.1 cm³/mol. The molecule has 0 aliphatic carbocycles. The van der Waals surface area contributed by atoms with Crippen LogP contribution in [0.15, 0.2) is 18.2 Å². The second-order valence-corrected chi connectivity index (χ2v) is 4.50. The van der Waals surface area contributed by atoms with Gasteiger partial charge in [-0.15, -0.1) is 0 Å². The Labute approximate surface area is 98.6 Å². The van der Waals surface area contributed by atoms with E-state index >= 15 is 0 Å². The topological polar surface area (TPSA) is 35.2 Å². The number of ether oxygens (including phenoxy) is 1. The Kier molecular flexibility index (Phi) is 3.71. The van der Waals surface area contributed by atoms with Crippen LogP contribution in [0.1, 0.15) is 25.0 Å². The van der Waals surface area contributed by atoms with Gasteiger partial charge in [0.1, 0.15) is 5.75 Å². The summed E-state index contributed by atoms with van der Waals surface area (Å²) in [5.41, 5.74) is 4.81. The van der Waals surface area contributed by atoms with Gasteiger partial charge in [0.05, 0.1) is 12.7 Å². The molecule has 17 heavy (non-hydrogen) atoms. The third-order valence-electron chi connectivity index (χ3n) is 2.77. The second kappa shape index (κ2) is 4.56. The highest BCUT2D eigenvalue weighted by Gasteiger charge is 2.33. The lowest BCUT2D eigenvalue weighted by Gasteiger charge is -2.26. The Morgan fingerprint density at radius 3 is 2.24 bits per heavy atom. The number of halogens is 3. The Hall–Kier alpha value is -1.23. The second-order valence-electron chi connectivity index (χ2n) is 4.50. The highest BCUT2D eigenvalue weighted by molar-refractivity contribution is 5.43. The van der Waals surface area contributed by atoms with E-state index in [0.717, 1.165) is 12.1 Å². The molecular weight excluding hydrogens is 231 g/mol. The van der Waals surface area contributed by atoms with Crippen LogP contribution < -0.4 is 10.5 Å². The van der Waals surface area contributed by atoms with Gasteiger partial charge < -0.3 is 10.5 Å². The summed E-state index contributed by atoms with van der Waals surface area (Å²) >= 11 is 0. The number of nitrogens with two attached hydrogens (primary N) is 1. The SMILES string of the molecule is COc1ccc(C(F)(F)F)cc1C(C)(C)CN. The fraction of sp³-hybridized carbons (Fsp3) is 0.500. The average Bonchev–Trinajstić information content (AvgIpc) is 2.27. The molecule has 0 atom stereocenters. The Morgan fingerprint density at radius 1 is 1.24 bits per heavy atom. The number of methoxy groups -OCH3 is 1. The lowest BCUT2D eigenvalue weighted by molar-refractivity contribution is -0.137. The maximum atomic E-state index is 12.6. The maximum Gasteiger partial charge on any atom is 0.416 e. The van der Waals surface area contributed by atoms with Crippen LogP contribution >= 0.6 is 0 Å². The van der Waals surface area contributed by atoms with Crippen molar-refractivity contribution in [2.24, 2.45) is 5.73 Å². The van der Waals surface area contributed by atoms with Crippen LogP contribution in [0.4, 0.5) is 13.2 Å². The number of benzene rings is 1. The largest absolute Gasteiger partial charge is 0.496 e. The maximum absolute atomic E-state index is 12.6. The zero-order valence-electron chi connectivity index (χ0n) is 10.1. The minimum Gasteiger partial charge on any atom is -0.496 e. The molecule has 0 aliphatic rings. The molecule has 0 fully saturated rings. The van der Waals surface area contributed by atoms with Crippen LogP contribution in [0.2, 0.25) is 0 Å². The first-order valence-corrected chi connectivity index (χ1v) is 5.18. The van der Waals surface area contributed by atoms with E-state index in [-0.39, 0.29) is 6.54 Å². The molecule has 0 amide bonds. The first-order valence-electron chi connectivity index (χ1n) is 5.18. The highest BCUT2D eigenvalue weighted by Crippen LogP contribution is 2.37. The van der Waals surface area contributed by atoms with Crippen LogP contribution in [-0.2, 0) is 11.6 Å². The van der Waals surface area contributed by atoms with Gasteiger partial charge in [-0.05, 0) is 18.2 Å². The van der Waals surface area contributed by atoms with E-state index in [0.29, 0.717) is 11.3 Å². The first-order chi connectivity index (χ1) is 7.72. The van der Waals surface area contributed by atoms with Crippen molar-refractivity contribution in [2.45, 2.75) is 25.4 Å². The van der Waals surface area contributed by atoms with Crippen molar-refractivity contribution in [3.05, 3.63) is 29.3 Å². The summed E-state index contributed by atoms with van der Waals surface area (Å²) in [6.07, 6.45) is -4.36. The standard InChI is InChI=1S/C12H16F3NO/c1-11(2,7-16)9-6-8(12(13,14)15)4-5-10(9)17-3/h4-6H,7,16H2,1-3H3. The van der Waals surface area contributed by atoms with E-state index in [1.54, 1.807) is 13.8 Å². The summed E-state index contributed by atoms with van der Waals surface area (Å²) in [6, 6.07) is 3.44. The minimum atomic E-state index is -4.36.